The van der Waals surface area contributed by atoms with Crippen LogP contribution >= 0.6 is 34.8 Å². The summed E-state index contributed by atoms with van der Waals surface area (Å²) in [6.07, 6.45) is 0. The number of amides is 1. The van der Waals surface area contributed by atoms with Gasteiger partial charge in [0, 0.05) is 12.1 Å². The van der Waals surface area contributed by atoms with Gasteiger partial charge < -0.3 is 4.90 Å². The molecule has 0 heterocycles. The van der Waals surface area contributed by atoms with Gasteiger partial charge >= 0.3 is 0 Å². The first kappa shape index (κ1) is 16.6. The van der Waals surface area contributed by atoms with Gasteiger partial charge in [-0.25, -0.2) is 0 Å². The number of nitrogens with zero attached hydrogens (tertiary/aromatic N) is 1. The Hall–Kier alpha value is -0.440. The summed E-state index contributed by atoms with van der Waals surface area (Å²) < 4.78 is -1.93. The summed E-state index contributed by atoms with van der Waals surface area (Å²) in [5.74, 6) is -0.509. The molecule has 1 rings (SSSR count). The number of rotatable bonds is 2. The predicted octanol–water partition coefficient (Wildman–Crippen LogP) is 4.49. The molecule has 1 aromatic rings. The van der Waals surface area contributed by atoms with Gasteiger partial charge in [-0.1, -0.05) is 64.6 Å². The third kappa shape index (κ3) is 4.87. The van der Waals surface area contributed by atoms with E-state index in [0.29, 0.717) is 6.54 Å². The zero-order valence-electron chi connectivity index (χ0n) is 11.5. The van der Waals surface area contributed by atoms with Crippen LogP contribution in [0.2, 0.25) is 0 Å². The van der Waals surface area contributed by atoms with E-state index in [2.05, 4.69) is 0 Å². The molecule has 0 saturated heterocycles. The Morgan fingerprint density at radius 1 is 1.11 bits per heavy atom. The highest BCUT2D eigenvalue weighted by atomic mass is 35.6. The van der Waals surface area contributed by atoms with Crippen molar-refractivity contribution in [2.45, 2.75) is 43.6 Å². The minimum absolute atomic E-state index is 0.413. The fraction of sp³-hybridized carbons (Fsp3) is 0.500. The Balaban J connectivity index is 3.00. The summed E-state index contributed by atoms with van der Waals surface area (Å²) in [7, 11) is 0. The summed E-state index contributed by atoms with van der Waals surface area (Å²) in [6.45, 7) is 8.16. The molecule has 0 atom stereocenters. The van der Waals surface area contributed by atoms with E-state index in [1.165, 1.54) is 5.56 Å². The van der Waals surface area contributed by atoms with Crippen LogP contribution in [-0.2, 0) is 11.3 Å². The predicted molar refractivity (Wildman–Crippen MR) is 81.8 cm³/mol. The van der Waals surface area contributed by atoms with Crippen molar-refractivity contribution in [3.63, 3.8) is 0 Å². The average molecular weight is 323 g/mol. The molecule has 0 aliphatic heterocycles. The van der Waals surface area contributed by atoms with Gasteiger partial charge in [0.15, 0.2) is 0 Å². The van der Waals surface area contributed by atoms with Gasteiger partial charge in [0.2, 0.25) is 0 Å². The van der Waals surface area contributed by atoms with E-state index in [4.69, 9.17) is 34.8 Å². The van der Waals surface area contributed by atoms with Gasteiger partial charge in [-0.2, -0.15) is 0 Å². The summed E-state index contributed by atoms with van der Waals surface area (Å²) in [5.41, 5.74) is 1.74. The van der Waals surface area contributed by atoms with Crippen LogP contribution in [0.4, 0.5) is 0 Å². The first-order chi connectivity index (χ1) is 8.51. The molecule has 1 aromatic carbocycles. The minimum atomic E-state index is -1.93. The van der Waals surface area contributed by atoms with Crippen LogP contribution in [0.3, 0.4) is 0 Å². The molecule has 0 bridgehead atoms. The number of carbonyl (C=O) groups excluding carboxylic acids is 1. The second-order valence-electron chi connectivity index (χ2n) is 5.55. The molecule has 0 saturated carbocycles. The lowest BCUT2D eigenvalue weighted by Crippen LogP contribution is -2.49. The number of hydrogen-bond donors (Lipinski definition) is 0. The van der Waals surface area contributed by atoms with Crippen LogP contribution in [0.5, 0.6) is 0 Å². The molecule has 106 valence electrons. The van der Waals surface area contributed by atoms with Crippen LogP contribution in [0, 0.1) is 6.92 Å². The van der Waals surface area contributed by atoms with Crippen molar-refractivity contribution in [1.29, 1.82) is 0 Å². The molecule has 0 fully saturated rings. The second kappa shape index (κ2) is 5.90. The molecule has 2 nitrogen and oxygen atoms in total. The maximum atomic E-state index is 12.2. The molecule has 0 aliphatic rings. The fourth-order valence-corrected chi connectivity index (χ4v) is 1.95. The number of carbonyl (C=O) groups is 1. The average Bonchev–Trinajstić information content (AvgIpc) is 2.24. The Kier molecular flexibility index (Phi) is 5.16. The molecule has 0 N–H and O–H groups in total. The first-order valence-electron chi connectivity index (χ1n) is 5.96. The molecule has 0 spiro atoms. The van der Waals surface area contributed by atoms with Gasteiger partial charge in [0.05, 0.1) is 0 Å². The van der Waals surface area contributed by atoms with Crippen molar-refractivity contribution in [1.82, 2.24) is 4.90 Å². The van der Waals surface area contributed by atoms with Crippen molar-refractivity contribution in [2.75, 3.05) is 0 Å². The van der Waals surface area contributed by atoms with E-state index < -0.39 is 15.2 Å². The van der Waals surface area contributed by atoms with Crippen molar-refractivity contribution in [3.8, 4) is 0 Å². The molecule has 19 heavy (non-hydrogen) atoms. The standard InChI is InChI=1S/C14H18Cl3NO/c1-10-5-7-11(8-6-10)9-18(13(2,3)4)12(19)14(15,16)17/h5-8H,9H2,1-4H3. The fourth-order valence-electron chi connectivity index (χ4n) is 1.64. The molecule has 0 unspecified atom stereocenters. The lowest BCUT2D eigenvalue weighted by molar-refractivity contribution is -0.135. The van der Waals surface area contributed by atoms with Crippen LogP contribution in [0.25, 0.3) is 0 Å². The van der Waals surface area contributed by atoms with Gasteiger partial charge in [-0.15, -0.1) is 0 Å². The Labute approximate surface area is 129 Å². The SMILES string of the molecule is Cc1ccc(CN(C(=O)C(Cl)(Cl)Cl)C(C)(C)C)cc1. The lowest BCUT2D eigenvalue weighted by Gasteiger charge is -2.37. The van der Waals surface area contributed by atoms with E-state index >= 15 is 0 Å². The van der Waals surface area contributed by atoms with E-state index in [0.717, 1.165) is 5.56 Å². The number of halogens is 3. The summed E-state index contributed by atoms with van der Waals surface area (Å²) in [6, 6.07) is 7.94. The molecular formula is C14H18Cl3NO. The van der Waals surface area contributed by atoms with Crippen LogP contribution in [0.15, 0.2) is 24.3 Å². The first-order valence-corrected chi connectivity index (χ1v) is 7.09. The Morgan fingerprint density at radius 2 is 1.58 bits per heavy atom. The minimum Gasteiger partial charge on any atom is -0.330 e. The van der Waals surface area contributed by atoms with E-state index in [1.807, 2.05) is 52.0 Å². The zero-order valence-corrected chi connectivity index (χ0v) is 13.8. The number of hydrogen-bond acceptors (Lipinski definition) is 1. The van der Waals surface area contributed by atoms with Gasteiger partial charge in [-0.05, 0) is 33.3 Å². The summed E-state index contributed by atoms with van der Waals surface area (Å²) in [5, 5.41) is 0. The third-order valence-corrected chi connectivity index (χ3v) is 3.24. The van der Waals surface area contributed by atoms with Gasteiger partial charge in [-0.3, -0.25) is 4.79 Å². The number of aryl methyl sites for hydroxylation is 1. The lowest BCUT2D eigenvalue weighted by atomic mass is 10.0. The smallest absolute Gasteiger partial charge is 0.275 e. The Morgan fingerprint density at radius 3 is 1.95 bits per heavy atom. The quantitative estimate of drug-likeness (QED) is 0.735. The Bertz CT molecular complexity index is 443. The van der Waals surface area contributed by atoms with E-state index in [1.54, 1.807) is 4.90 Å². The molecule has 1 amide bonds. The molecule has 0 aliphatic carbocycles. The topological polar surface area (TPSA) is 20.3 Å². The molecular weight excluding hydrogens is 305 g/mol. The number of alkyl halides is 3. The maximum Gasteiger partial charge on any atom is 0.275 e. The second-order valence-corrected chi connectivity index (χ2v) is 7.83. The van der Waals surface area contributed by atoms with Crippen molar-refractivity contribution >= 4 is 40.7 Å². The normalized spacial score (nSPS) is 12.4. The van der Waals surface area contributed by atoms with Crippen molar-refractivity contribution < 1.29 is 4.79 Å². The summed E-state index contributed by atoms with van der Waals surface area (Å²) >= 11 is 17.1. The van der Waals surface area contributed by atoms with Crippen LogP contribution in [-0.4, -0.2) is 20.1 Å². The highest BCUT2D eigenvalue weighted by molar-refractivity contribution is 6.76. The van der Waals surface area contributed by atoms with E-state index in [9.17, 15) is 4.79 Å². The molecule has 0 aromatic heterocycles. The van der Waals surface area contributed by atoms with E-state index in [-0.39, 0.29) is 0 Å². The van der Waals surface area contributed by atoms with Crippen molar-refractivity contribution in [2.24, 2.45) is 0 Å². The molecule has 0 radical (unpaired) electrons. The highest BCUT2D eigenvalue weighted by Crippen LogP contribution is 2.32. The van der Waals surface area contributed by atoms with Crippen molar-refractivity contribution in [3.05, 3.63) is 35.4 Å². The zero-order chi connectivity index (χ0) is 14.8. The molecule has 5 heteroatoms. The van der Waals surface area contributed by atoms with Crippen LogP contribution in [0.1, 0.15) is 31.9 Å². The monoisotopic (exact) mass is 321 g/mol. The van der Waals surface area contributed by atoms with Gasteiger partial charge in [0.25, 0.3) is 9.70 Å². The highest BCUT2D eigenvalue weighted by Gasteiger charge is 2.39. The maximum absolute atomic E-state index is 12.2. The summed E-state index contributed by atoms with van der Waals surface area (Å²) in [4.78, 5) is 13.8. The largest absolute Gasteiger partial charge is 0.330 e. The number of benzene rings is 1. The van der Waals surface area contributed by atoms with Crippen LogP contribution < -0.4 is 0 Å². The third-order valence-electron chi connectivity index (χ3n) is 2.76. The van der Waals surface area contributed by atoms with Gasteiger partial charge in [0.1, 0.15) is 0 Å².